The summed E-state index contributed by atoms with van der Waals surface area (Å²) in [5, 5.41) is 0. The smallest absolute Gasteiger partial charge is 0.250 e. The summed E-state index contributed by atoms with van der Waals surface area (Å²) in [6.45, 7) is 1.68. The molecule has 0 aliphatic heterocycles. The summed E-state index contributed by atoms with van der Waals surface area (Å²) >= 11 is 6.78. The van der Waals surface area contributed by atoms with Crippen LogP contribution in [0.2, 0.25) is 0 Å². The van der Waals surface area contributed by atoms with E-state index in [0.29, 0.717) is 6.42 Å². The molecule has 1 amide bonds. The maximum Gasteiger partial charge on any atom is 0.250 e. The first-order valence-electron chi connectivity index (χ1n) is 5.06. The van der Waals surface area contributed by atoms with Crippen LogP contribution >= 0.6 is 31.9 Å². The Hall–Kier alpha value is -0.680. The predicted octanol–water partition coefficient (Wildman–Crippen LogP) is 4.25. The van der Waals surface area contributed by atoms with Crippen LogP contribution in [-0.4, -0.2) is 5.91 Å². The van der Waals surface area contributed by atoms with E-state index in [-0.39, 0.29) is 5.92 Å². The molecule has 0 saturated heterocycles. The Kier molecular flexibility index (Phi) is 5.85. The van der Waals surface area contributed by atoms with Crippen molar-refractivity contribution in [3.8, 4) is 0 Å². The van der Waals surface area contributed by atoms with Crippen LogP contribution in [0.4, 0.5) is 4.48 Å². The Balaban J connectivity index is 2.62. The molecule has 0 radical (unpaired) electrons. The van der Waals surface area contributed by atoms with Gasteiger partial charge in [0.1, 0.15) is 0 Å². The first-order valence-corrected chi connectivity index (χ1v) is 6.64. The van der Waals surface area contributed by atoms with Crippen molar-refractivity contribution < 1.29 is 9.28 Å². The number of nitrogens with one attached hydrogen (secondary N) is 1. The highest BCUT2D eigenvalue weighted by molar-refractivity contribution is 9.11. The van der Waals surface area contributed by atoms with E-state index in [1.54, 1.807) is 6.92 Å². The lowest BCUT2D eigenvalue weighted by Gasteiger charge is -2.03. The monoisotopic (exact) mass is 363 g/mol. The minimum Gasteiger partial charge on any atom is -0.272 e. The van der Waals surface area contributed by atoms with E-state index in [2.05, 4.69) is 31.9 Å². The molecule has 0 aliphatic carbocycles. The number of benzene rings is 1. The quantitative estimate of drug-likeness (QED) is 0.795. The van der Waals surface area contributed by atoms with Gasteiger partial charge in [0.15, 0.2) is 0 Å². The number of amides is 1. The lowest BCUT2D eigenvalue weighted by molar-refractivity contribution is -0.128. The van der Waals surface area contributed by atoms with Gasteiger partial charge in [-0.2, -0.15) is 5.54 Å². The lowest BCUT2D eigenvalue weighted by atomic mass is 10.1. The van der Waals surface area contributed by atoms with E-state index >= 15 is 0 Å². The van der Waals surface area contributed by atoms with E-state index in [4.69, 9.17) is 0 Å². The van der Waals surface area contributed by atoms with Crippen LogP contribution < -0.4 is 5.54 Å². The van der Waals surface area contributed by atoms with E-state index in [0.717, 1.165) is 20.0 Å². The first-order chi connectivity index (χ1) is 8.02. The number of allylic oxidation sites excluding steroid dienone is 1. The van der Waals surface area contributed by atoms with Gasteiger partial charge in [-0.15, -0.1) is 4.48 Å². The zero-order valence-electron chi connectivity index (χ0n) is 9.21. The summed E-state index contributed by atoms with van der Waals surface area (Å²) in [6, 6.07) is 5.86. The molecule has 5 heteroatoms. The number of carbonyl (C=O) groups is 1. The summed E-state index contributed by atoms with van der Waals surface area (Å²) in [6.07, 6.45) is 4.26. The third kappa shape index (κ3) is 5.00. The number of hydrogen-bond donors (Lipinski definition) is 1. The average Bonchev–Trinajstić information content (AvgIpc) is 2.26. The van der Waals surface area contributed by atoms with Crippen molar-refractivity contribution >= 4 is 43.8 Å². The second-order valence-electron chi connectivity index (χ2n) is 3.70. The lowest BCUT2D eigenvalue weighted by Crippen LogP contribution is -2.21. The maximum atomic E-state index is 11.9. The minimum atomic E-state index is -0.593. The molecule has 0 heterocycles. The van der Waals surface area contributed by atoms with Crippen molar-refractivity contribution in [3.63, 3.8) is 0 Å². The molecule has 0 aromatic heterocycles. The van der Waals surface area contributed by atoms with Gasteiger partial charge in [0, 0.05) is 14.9 Å². The summed E-state index contributed by atoms with van der Waals surface area (Å²) < 4.78 is 13.8. The van der Waals surface area contributed by atoms with Gasteiger partial charge in [0.25, 0.3) is 5.91 Å². The van der Waals surface area contributed by atoms with Gasteiger partial charge < -0.3 is 0 Å². The predicted molar refractivity (Wildman–Crippen MR) is 73.9 cm³/mol. The van der Waals surface area contributed by atoms with Gasteiger partial charge in [-0.1, -0.05) is 50.9 Å². The molecule has 92 valence electrons. The third-order valence-corrected chi connectivity index (χ3v) is 3.14. The molecule has 1 aromatic carbocycles. The second kappa shape index (κ2) is 6.91. The average molecular weight is 365 g/mol. The fraction of sp³-hybridized carbons (Fsp3) is 0.250. The van der Waals surface area contributed by atoms with E-state index in [9.17, 15) is 9.28 Å². The number of halogens is 3. The minimum absolute atomic E-state index is 0.369. The zero-order chi connectivity index (χ0) is 12.8. The molecule has 17 heavy (non-hydrogen) atoms. The van der Waals surface area contributed by atoms with Crippen molar-refractivity contribution in [2.75, 3.05) is 0 Å². The highest BCUT2D eigenvalue weighted by atomic mass is 79.9. The summed E-state index contributed by atoms with van der Waals surface area (Å²) in [4.78, 5) is 10.9. The second-order valence-corrected chi connectivity index (χ2v) is 5.53. The van der Waals surface area contributed by atoms with Gasteiger partial charge in [-0.25, -0.2) is 0 Å². The van der Waals surface area contributed by atoms with Crippen LogP contribution in [0, 0.1) is 5.92 Å². The molecule has 1 aromatic rings. The Morgan fingerprint density at radius 3 is 2.53 bits per heavy atom. The van der Waals surface area contributed by atoms with Crippen molar-refractivity contribution in [2.24, 2.45) is 5.92 Å². The fourth-order valence-electron chi connectivity index (χ4n) is 1.28. The van der Waals surface area contributed by atoms with Crippen molar-refractivity contribution in [2.45, 2.75) is 13.3 Å². The van der Waals surface area contributed by atoms with Gasteiger partial charge in [-0.05, 0) is 30.2 Å². The molecule has 0 saturated carbocycles. The highest BCUT2D eigenvalue weighted by Crippen LogP contribution is 2.21. The van der Waals surface area contributed by atoms with Gasteiger partial charge in [0.05, 0.1) is 0 Å². The van der Waals surface area contributed by atoms with Crippen LogP contribution in [0.5, 0.6) is 0 Å². The van der Waals surface area contributed by atoms with E-state index < -0.39 is 5.91 Å². The molecule has 0 aliphatic rings. The van der Waals surface area contributed by atoms with Gasteiger partial charge in [0.2, 0.25) is 0 Å². The molecule has 0 spiro atoms. The molecular weight excluding hydrogens is 353 g/mol. The van der Waals surface area contributed by atoms with Crippen molar-refractivity contribution in [1.82, 2.24) is 5.54 Å². The van der Waals surface area contributed by atoms with Crippen LogP contribution in [-0.2, 0) is 4.79 Å². The van der Waals surface area contributed by atoms with Crippen molar-refractivity contribution in [3.05, 3.63) is 38.8 Å². The standard InChI is InChI=1S/C12H12Br2FNO/c1-8(12(17)16-15)3-2-4-9-5-10(13)7-11(14)6-9/h2,4-8H,3H2,1H3,(H,16,17)/b4-2+/t8-/m0/s1. The van der Waals surface area contributed by atoms with Crippen LogP contribution in [0.1, 0.15) is 18.9 Å². The molecule has 1 rings (SSSR count). The van der Waals surface area contributed by atoms with Gasteiger partial charge in [-0.3, -0.25) is 4.79 Å². The molecule has 0 unspecified atom stereocenters. The summed E-state index contributed by atoms with van der Waals surface area (Å²) in [5.74, 6) is -0.961. The third-order valence-electron chi connectivity index (χ3n) is 2.23. The van der Waals surface area contributed by atoms with Crippen LogP contribution in [0.25, 0.3) is 6.08 Å². The molecule has 1 atom stereocenters. The molecule has 2 nitrogen and oxygen atoms in total. The number of rotatable bonds is 4. The molecule has 1 N–H and O–H groups in total. The molecular formula is C12H12Br2FNO. The SMILES string of the molecule is C[C@@H](C/C=C/c1cc(Br)cc(Br)c1)C(=O)NF. The van der Waals surface area contributed by atoms with E-state index in [1.165, 1.54) is 0 Å². The first kappa shape index (κ1) is 14.4. The maximum absolute atomic E-state index is 11.9. The Morgan fingerprint density at radius 2 is 2.00 bits per heavy atom. The summed E-state index contributed by atoms with van der Waals surface area (Å²) in [7, 11) is 0. The molecule has 0 bridgehead atoms. The largest absolute Gasteiger partial charge is 0.272 e. The van der Waals surface area contributed by atoms with Crippen LogP contribution in [0.15, 0.2) is 33.2 Å². The topological polar surface area (TPSA) is 29.1 Å². The number of hydrogen-bond acceptors (Lipinski definition) is 1. The molecule has 0 fully saturated rings. The van der Waals surface area contributed by atoms with Crippen molar-refractivity contribution in [1.29, 1.82) is 0 Å². The summed E-state index contributed by atoms with van der Waals surface area (Å²) in [5.41, 5.74) is 2.16. The fourth-order valence-corrected chi connectivity index (χ4v) is 2.61. The zero-order valence-corrected chi connectivity index (χ0v) is 12.4. The Labute approximate surface area is 116 Å². The normalized spacial score (nSPS) is 12.7. The number of carbonyl (C=O) groups excluding carboxylic acids is 1. The highest BCUT2D eigenvalue weighted by Gasteiger charge is 2.09. The Bertz CT molecular complexity index is 414. The van der Waals surface area contributed by atoms with E-state index in [1.807, 2.05) is 30.4 Å². The van der Waals surface area contributed by atoms with Crippen LogP contribution in [0.3, 0.4) is 0 Å². The van der Waals surface area contributed by atoms with Gasteiger partial charge >= 0.3 is 0 Å². The Morgan fingerprint density at radius 1 is 1.41 bits per heavy atom.